The lowest BCUT2D eigenvalue weighted by Crippen LogP contribution is -2.50. The van der Waals surface area contributed by atoms with E-state index in [4.69, 9.17) is 0 Å². The molecule has 1 aromatic carbocycles. The molecule has 1 heterocycles. The predicted octanol–water partition coefficient (Wildman–Crippen LogP) is 2.17. The average Bonchev–Trinajstić information content (AvgIpc) is 2.40. The van der Waals surface area contributed by atoms with Crippen LogP contribution < -0.4 is 5.32 Å². The molecule has 0 bridgehead atoms. The molecule has 0 spiro atoms. The SMILES string of the molecule is Cc1ccc(O)c(CC(C(C)C)N2CCNCC2)c1. The van der Waals surface area contributed by atoms with Crippen LogP contribution in [0.15, 0.2) is 18.2 Å². The molecule has 0 aliphatic carbocycles. The van der Waals surface area contributed by atoms with Crippen LogP contribution in [0.2, 0.25) is 0 Å². The van der Waals surface area contributed by atoms with Gasteiger partial charge in [-0.2, -0.15) is 0 Å². The maximum absolute atomic E-state index is 10.0. The van der Waals surface area contributed by atoms with E-state index in [9.17, 15) is 5.11 Å². The van der Waals surface area contributed by atoms with E-state index in [1.807, 2.05) is 12.1 Å². The highest BCUT2D eigenvalue weighted by molar-refractivity contribution is 5.36. The molecule has 3 nitrogen and oxygen atoms in total. The standard InChI is InChI=1S/C16H26N2O/c1-12(2)15(18-8-6-17-7-9-18)11-14-10-13(3)4-5-16(14)19/h4-5,10,12,15,17,19H,6-9,11H2,1-3H3. The van der Waals surface area contributed by atoms with Crippen molar-refractivity contribution in [2.24, 2.45) is 5.92 Å². The minimum Gasteiger partial charge on any atom is -0.508 e. The summed E-state index contributed by atoms with van der Waals surface area (Å²) < 4.78 is 0. The normalized spacial score (nSPS) is 18.7. The number of hydrogen-bond donors (Lipinski definition) is 2. The molecule has 1 aliphatic rings. The van der Waals surface area contributed by atoms with Crippen LogP contribution in [0.1, 0.15) is 25.0 Å². The fraction of sp³-hybridized carbons (Fsp3) is 0.625. The smallest absolute Gasteiger partial charge is 0.118 e. The molecule has 1 aliphatic heterocycles. The maximum Gasteiger partial charge on any atom is 0.118 e. The molecule has 1 fully saturated rings. The second-order valence-corrected chi connectivity index (χ2v) is 5.93. The lowest BCUT2D eigenvalue weighted by atomic mass is 9.93. The third-order valence-electron chi connectivity index (χ3n) is 4.05. The van der Waals surface area contributed by atoms with Crippen LogP contribution in [0.25, 0.3) is 0 Å². The van der Waals surface area contributed by atoms with Crippen molar-refractivity contribution in [3.63, 3.8) is 0 Å². The van der Waals surface area contributed by atoms with Crippen molar-refractivity contribution in [2.45, 2.75) is 33.2 Å². The van der Waals surface area contributed by atoms with Gasteiger partial charge < -0.3 is 10.4 Å². The van der Waals surface area contributed by atoms with Gasteiger partial charge in [0, 0.05) is 32.2 Å². The van der Waals surface area contributed by atoms with Gasteiger partial charge in [-0.15, -0.1) is 0 Å². The van der Waals surface area contributed by atoms with Crippen LogP contribution >= 0.6 is 0 Å². The number of piperazine rings is 1. The Bertz CT molecular complexity index is 411. The first-order valence-corrected chi connectivity index (χ1v) is 7.31. The highest BCUT2D eigenvalue weighted by atomic mass is 16.3. The van der Waals surface area contributed by atoms with Gasteiger partial charge in [-0.3, -0.25) is 4.90 Å². The second-order valence-electron chi connectivity index (χ2n) is 5.93. The fourth-order valence-corrected chi connectivity index (χ4v) is 2.90. The fourth-order valence-electron chi connectivity index (χ4n) is 2.90. The van der Waals surface area contributed by atoms with Crippen LogP contribution in [0.5, 0.6) is 5.75 Å². The van der Waals surface area contributed by atoms with Crippen molar-refractivity contribution in [1.29, 1.82) is 0 Å². The van der Waals surface area contributed by atoms with Gasteiger partial charge >= 0.3 is 0 Å². The molecule has 1 atom stereocenters. The van der Waals surface area contributed by atoms with E-state index in [2.05, 4.69) is 37.1 Å². The summed E-state index contributed by atoms with van der Waals surface area (Å²) in [5.41, 5.74) is 2.30. The zero-order valence-electron chi connectivity index (χ0n) is 12.3. The number of nitrogens with zero attached hydrogens (tertiary/aromatic N) is 1. The van der Waals surface area contributed by atoms with Crippen molar-refractivity contribution in [1.82, 2.24) is 10.2 Å². The molecule has 1 aromatic rings. The van der Waals surface area contributed by atoms with Gasteiger partial charge in [-0.1, -0.05) is 31.5 Å². The van der Waals surface area contributed by atoms with Crippen LogP contribution in [0, 0.1) is 12.8 Å². The van der Waals surface area contributed by atoms with E-state index < -0.39 is 0 Å². The van der Waals surface area contributed by atoms with Crippen molar-refractivity contribution in [3.05, 3.63) is 29.3 Å². The van der Waals surface area contributed by atoms with Gasteiger partial charge in [-0.25, -0.2) is 0 Å². The van der Waals surface area contributed by atoms with Crippen LogP contribution in [-0.4, -0.2) is 42.2 Å². The largest absolute Gasteiger partial charge is 0.508 e. The van der Waals surface area contributed by atoms with Crippen LogP contribution in [0.4, 0.5) is 0 Å². The van der Waals surface area contributed by atoms with E-state index in [0.717, 1.165) is 38.2 Å². The Balaban J connectivity index is 2.13. The highest BCUT2D eigenvalue weighted by Gasteiger charge is 2.24. The Labute approximate surface area is 116 Å². The molecular weight excluding hydrogens is 236 g/mol. The molecule has 19 heavy (non-hydrogen) atoms. The first kappa shape index (κ1) is 14.4. The average molecular weight is 262 g/mol. The summed E-state index contributed by atoms with van der Waals surface area (Å²) >= 11 is 0. The predicted molar refractivity (Wildman–Crippen MR) is 79.6 cm³/mol. The van der Waals surface area contributed by atoms with Crippen molar-refractivity contribution < 1.29 is 5.11 Å². The zero-order valence-corrected chi connectivity index (χ0v) is 12.3. The summed E-state index contributed by atoms with van der Waals surface area (Å²) in [6.07, 6.45) is 0.936. The number of hydrogen-bond acceptors (Lipinski definition) is 3. The molecule has 0 amide bonds. The summed E-state index contributed by atoms with van der Waals surface area (Å²) in [7, 11) is 0. The van der Waals surface area contributed by atoms with Gasteiger partial charge in [0.1, 0.15) is 5.75 Å². The molecule has 106 valence electrons. The number of phenols is 1. The molecule has 1 saturated heterocycles. The molecule has 0 saturated carbocycles. The number of phenolic OH excluding ortho intramolecular Hbond substituents is 1. The topological polar surface area (TPSA) is 35.5 Å². The first-order chi connectivity index (χ1) is 9.08. The lowest BCUT2D eigenvalue weighted by molar-refractivity contribution is 0.135. The third-order valence-corrected chi connectivity index (χ3v) is 4.05. The Morgan fingerprint density at radius 1 is 1.26 bits per heavy atom. The summed E-state index contributed by atoms with van der Waals surface area (Å²) in [6.45, 7) is 11.0. The number of rotatable bonds is 4. The Morgan fingerprint density at radius 2 is 1.95 bits per heavy atom. The number of aromatic hydroxyl groups is 1. The highest BCUT2D eigenvalue weighted by Crippen LogP contribution is 2.24. The maximum atomic E-state index is 10.0. The summed E-state index contributed by atoms with van der Waals surface area (Å²) in [6, 6.07) is 6.41. The van der Waals surface area contributed by atoms with E-state index in [-0.39, 0.29) is 0 Å². The van der Waals surface area contributed by atoms with Gasteiger partial charge in [0.05, 0.1) is 0 Å². The van der Waals surface area contributed by atoms with Gasteiger partial charge in [0.2, 0.25) is 0 Å². The van der Waals surface area contributed by atoms with Gasteiger partial charge in [0.25, 0.3) is 0 Å². The number of benzene rings is 1. The zero-order chi connectivity index (χ0) is 13.8. The number of nitrogens with one attached hydrogen (secondary N) is 1. The Hall–Kier alpha value is -1.06. The van der Waals surface area contributed by atoms with Crippen molar-refractivity contribution in [2.75, 3.05) is 26.2 Å². The summed E-state index contributed by atoms with van der Waals surface area (Å²) in [5, 5.41) is 13.4. The van der Waals surface area contributed by atoms with E-state index >= 15 is 0 Å². The first-order valence-electron chi connectivity index (χ1n) is 7.31. The molecular formula is C16H26N2O. The van der Waals surface area contributed by atoms with E-state index in [0.29, 0.717) is 17.7 Å². The molecule has 2 N–H and O–H groups in total. The molecule has 1 unspecified atom stereocenters. The number of aryl methyl sites for hydroxylation is 1. The van der Waals surface area contributed by atoms with Crippen molar-refractivity contribution >= 4 is 0 Å². The summed E-state index contributed by atoms with van der Waals surface area (Å²) in [4.78, 5) is 2.56. The van der Waals surface area contributed by atoms with Gasteiger partial charge in [0.15, 0.2) is 0 Å². The van der Waals surface area contributed by atoms with E-state index in [1.165, 1.54) is 5.56 Å². The monoisotopic (exact) mass is 262 g/mol. The van der Waals surface area contributed by atoms with Crippen molar-refractivity contribution in [3.8, 4) is 5.75 Å². The molecule has 2 rings (SSSR count). The molecule has 0 aromatic heterocycles. The molecule has 3 heteroatoms. The minimum absolute atomic E-state index is 0.436. The minimum atomic E-state index is 0.436. The van der Waals surface area contributed by atoms with Crippen LogP contribution in [-0.2, 0) is 6.42 Å². The Morgan fingerprint density at radius 3 is 2.58 bits per heavy atom. The lowest BCUT2D eigenvalue weighted by Gasteiger charge is -2.37. The van der Waals surface area contributed by atoms with Crippen LogP contribution in [0.3, 0.4) is 0 Å². The quantitative estimate of drug-likeness (QED) is 0.873. The molecule has 0 radical (unpaired) electrons. The Kier molecular flexibility index (Phi) is 4.83. The van der Waals surface area contributed by atoms with E-state index in [1.54, 1.807) is 0 Å². The van der Waals surface area contributed by atoms with Gasteiger partial charge in [-0.05, 0) is 30.9 Å². The summed E-state index contributed by atoms with van der Waals surface area (Å²) in [5.74, 6) is 1.03. The third kappa shape index (κ3) is 3.71. The second kappa shape index (κ2) is 6.40.